The Morgan fingerprint density at radius 3 is 2.47 bits per heavy atom. The number of hydrogen-bond donors (Lipinski definition) is 1. The van der Waals surface area contributed by atoms with Gasteiger partial charge in [-0.25, -0.2) is 0 Å². The average molecular weight is 540 g/mol. The van der Waals surface area contributed by atoms with Gasteiger partial charge in [0.25, 0.3) is 5.91 Å². The molecule has 0 saturated carbocycles. The molecule has 1 aromatic rings. The quantitative estimate of drug-likeness (QED) is 0.258. The van der Waals surface area contributed by atoms with Gasteiger partial charge in [0, 0.05) is 17.6 Å². The second kappa shape index (κ2) is 15.0. The number of halogens is 1. The molecule has 1 unspecified atom stereocenters. The Morgan fingerprint density at radius 1 is 1.12 bits per heavy atom. The van der Waals surface area contributed by atoms with Crippen LogP contribution in [-0.2, 0) is 14.3 Å². The molecule has 34 heavy (non-hydrogen) atoms. The molecule has 1 aliphatic heterocycles. The fourth-order valence-electron chi connectivity index (χ4n) is 3.98. The lowest BCUT2D eigenvalue weighted by Gasteiger charge is -2.35. The summed E-state index contributed by atoms with van der Waals surface area (Å²) in [6.45, 7) is 6.97. The number of hydrogen-bond acceptors (Lipinski definition) is 5. The molecule has 0 radical (unpaired) electrons. The smallest absolute Gasteiger partial charge is 0.308 e. The van der Waals surface area contributed by atoms with Crippen molar-refractivity contribution in [1.29, 1.82) is 0 Å². The molecule has 1 aliphatic rings. The zero-order chi connectivity index (χ0) is 24.9. The van der Waals surface area contributed by atoms with E-state index in [1.165, 1.54) is 37.0 Å². The summed E-state index contributed by atoms with van der Waals surface area (Å²) >= 11 is 3.40. The molecule has 1 aromatic carbocycles. The van der Waals surface area contributed by atoms with Crippen molar-refractivity contribution < 1.29 is 23.9 Å². The Kier molecular flexibility index (Phi) is 12.4. The van der Waals surface area contributed by atoms with Crippen LogP contribution in [0.3, 0.4) is 0 Å². The number of carbonyl (C=O) groups excluding carboxylic acids is 3. The number of amides is 2. The number of carbonyl (C=O) groups is 3. The number of benzene rings is 1. The summed E-state index contributed by atoms with van der Waals surface area (Å²) in [6.07, 6.45) is 9.00. The highest BCUT2D eigenvalue weighted by Gasteiger charge is 2.36. The van der Waals surface area contributed by atoms with Crippen LogP contribution in [-0.4, -0.2) is 54.5 Å². The lowest BCUT2D eigenvalue weighted by molar-refractivity contribution is -0.147. The number of nitrogens with zero attached hydrogens (tertiary/aromatic N) is 1. The molecule has 1 heterocycles. The van der Waals surface area contributed by atoms with E-state index >= 15 is 0 Å². The molecular weight excluding hydrogens is 500 g/mol. The van der Waals surface area contributed by atoms with Crippen molar-refractivity contribution in [2.24, 2.45) is 0 Å². The maximum absolute atomic E-state index is 13.4. The number of ether oxygens (including phenoxy) is 2. The molecule has 0 bridgehead atoms. The van der Waals surface area contributed by atoms with Crippen LogP contribution in [0.2, 0.25) is 0 Å². The number of unbranched alkanes of at least 4 members (excludes halogenated alkanes) is 7. The van der Waals surface area contributed by atoms with E-state index < -0.39 is 12.0 Å². The Morgan fingerprint density at radius 2 is 1.79 bits per heavy atom. The minimum Gasteiger partial charge on any atom is -0.490 e. The minimum atomic E-state index is -0.904. The summed E-state index contributed by atoms with van der Waals surface area (Å²) in [5.41, 5.74) is 0.357. The van der Waals surface area contributed by atoms with Gasteiger partial charge in [-0.05, 0) is 38.5 Å². The zero-order valence-electron chi connectivity index (χ0n) is 20.7. The Balaban J connectivity index is 1.91. The summed E-state index contributed by atoms with van der Waals surface area (Å²) in [7, 11) is 0. The van der Waals surface area contributed by atoms with Crippen LogP contribution < -0.4 is 10.1 Å². The summed E-state index contributed by atoms with van der Waals surface area (Å²) in [4.78, 5) is 39.9. The van der Waals surface area contributed by atoms with E-state index in [0.29, 0.717) is 31.0 Å². The second-order valence-corrected chi connectivity index (χ2v) is 9.93. The van der Waals surface area contributed by atoms with Gasteiger partial charge in [0.15, 0.2) is 0 Å². The Bertz CT molecular complexity index is 814. The molecule has 7 nitrogen and oxygen atoms in total. The SMILES string of the molecule is CCCCCCCCCCOC(=O)CC1C(=O)NCCN1C(=O)c1cc(Br)ccc1OC(C)C. The highest BCUT2D eigenvalue weighted by atomic mass is 79.9. The van der Waals surface area contributed by atoms with Gasteiger partial charge in [-0.2, -0.15) is 0 Å². The van der Waals surface area contributed by atoms with E-state index in [4.69, 9.17) is 9.47 Å². The molecule has 0 aromatic heterocycles. The maximum atomic E-state index is 13.4. The van der Waals surface area contributed by atoms with Gasteiger partial charge in [-0.15, -0.1) is 0 Å². The predicted octanol–water partition coefficient (Wildman–Crippen LogP) is 5.25. The van der Waals surface area contributed by atoms with E-state index in [-0.39, 0.29) is 24.3 Å². The van der Waals surface area contributed by atoms with Gasteiger partial charge in [0.1, 0.15) is 11.8 Å². The van der Waals surface area contributed by atoms with Crippen molar-refractivity contribution in [3.8, 4) is 5.75 Å². The van der Waals surface area contributed by atoms with Crippen molar-refractivity contribution in [1.82, 2.24) is 10.2 Å². The van der Waals surface area contributed by atoms with Crippen LogP contribution in [0.15, 0.2) is 22.7 Å². The summed E-state index contributed by atoms with van der Waals surface area (Å²) in [6, 6.07) is 4.31. The van der Waals surface area contributed by atoms with Crippen molar-refractivity contribution in [2.45, 2.75) is 90.7 Å². The first-order valence-electron chi connectivity index (χ1n) is 12.5. The largest absolute Gasteiger partial charge is 0.490 e. The highest BCUT2D eigenvalue weighted by Crippen LogP contribution is 2.27. The van der Waals surface area contributed by atoms with E-state index in [0.717, 1.165) is 23.7 Å². The van der Waals surface area contributed by atoms with Crippen LogP contribution in [0.25, 0.3) is 0 Å². The molecule has 0 spiro atoms. The summed E-state index contributed by atoms with van der Waals surface area (Å²) in [5.74, 6) is -0.696. The molecule has 0 aliphatic carbocycles. The van der Waals surface area contributed by atoms with E-state index in [1.54, 1.807) is 18.2 Å². The summed E-state index contributed by atoms with van der Waals surface area (Å²) in [5, 5.41) is 2.76. The first-order valence-corrected chi connectivity index (χ1v) is 13.3. The Labute approximate surface area is 212 Å². The van der Waals surface area contributed by atoms with Gasteiger partial charge in [0.05, 0.1) is 24.7 Å². The molecular formula is C26H39BrN2O5. The number of rotatable bonds is 14. The number of piperazine rings is 1. The fourth-order valence-corrected chi connectivity index (χ4v) is 4.34. The molecule has 1 fully saturated rings. The van der Waals surface area contributed by atoms with Crippen molar-refractivity contribution in [3.05, 3.63) is 28.2 Å². The normalized spacial score (nSPS) is 15.9. The van der Waals surface area contributed by atoms with E-state index in [9.17, 15) is 14.4 Å². The van der Waals surface area contributed by atoms with Crippen LogP contribution in [0.1, 0.15) is 88.9 Å². The molecule has 1 N–H and O–H groups in total. The highest BCUT2D eigenvalue weighted by molar-refractivity contribution is 9.10. The van der Waals surface area contributed by atoms with Crippen LogP contribution in [0.5, 0.6) is 5.75 Å². The van der Waals surface area contributed by atoms with Crippen LogP contribution in [0, 0.1) is 0 Å². The topological polar surface area (TPSA) is 84.9 Å². The lowest BCUT2D eigenvalue weighted by Crippen LogP contribution is -2.57. The van der Waals surface area contributed by atoms with E-state index in [2.05, 4.69) is 28.2 Å². The molecule has 190 valence electrons. The monoisotopic (exact) mass is 538 g/mol. The minimum absolute atomic E-state index is 0.112. The molecule has 8 heteroatoms. The zero-order valence-corrected chi connectivity index (χ0v) is 22.3. The fraction of sp³-hybridized carbons (Fsp3) is 0.654. The molecule has 2 amide bonds. The summed E-state index contributed by atoms with van der Waals surface area (Å²) < 4.78 is 11.9. The van der Waals surface area contributed by atoms with Crippen molar-refractivity contribution in [3.63, 3.8) is 0 Å². The third kappa shape index (κ3) is 9.28. The van der Waals surface area contributed by atoms with Crippen LogP contribution >= 0.6 is 15.9 Å². The Hall–Kier alpha value is -2.09. The van der Waals surface area contributed by atoms with Gasteiger partial charge in [0.2, 0.25) is 5.91 Å². The third-order valence-electron chi connectivity index (χ3n) is 5.75. The first-order chi connectivity index (χ1) is 16.3. The second-order valence-electron chi connectivity index (χ2n) is 9.01. The van der Waals surface area contributed by atoms with Gasteiger partial charge < -0.3 is 19.7 Å². The molecule has 1 saturated heterocycles. The van der Waals surface area contributed by atoms with E-state index in [1.807, 2.05) is 13.8 Å². The van der Waals surface area contributed by atoms with Crippen molar-refractivity contribution in [2.75, 3.05) is 19.7 Å². The molecule has 1 atom stereocenters. The third-order valence-corrected chi connectivity index (χ3v) is 6.24. The lowest BCUT2D eigenvalue weighted by atomic mass is 10.1. The predicted molar refractivity (Wildman–Crippen MR) is 136 cm³/mol. The van der Waals surface area contributed by atoms with Crippen LogP contribution in [0.4, 0.5) is 0 Å². The van der Waals surface area contributed by atoms with Gasteiger partial charge >= 0.3 is 5.97 Å². The average Bonchev–Trinajstić information content (AvgIpc) is 2.79. The first kappa shape index (κ1) is 28.1. The van der Waals surface area contributed by atoms with Gasteiger partial charge in [-0.3, -0.25) is 14.4 Å². The standard InChI is InChI=1S/C26H39BrN2O5/c1-4-5-6-7-8-9-10-11-16-33-24(30)18-22-25(31)28-14-15-29(22)26(32)21-17-20(27)12-13-23(21)34-19(2)3/h12-13,17,19,22H,4-11,14-16,18H2,1-3H3,(H,28,31). The van der Waals surface area contributed by atoms with Crippen molar-refractivity contribution >= 4 is 33.7 Å². The van der Waals surface area contributed by atoms with Gasteiger partial charge in [-0.1, -0.05) is 67.8 Å². The maximum Gasteiger partial charge on any atom is 0.308 e. The number of nitrogens with one attached hydrogen (secondary N) is 1. The molecule has 2 rings (SSSR count). The number of esters is 1.